The fourth-order valence-electron chi connectivity index (χ4n) is 4.65. The molecule has 0 radical (unpaired) electrons. The second-order valence-corrected chi connectivity index (χ2v) is 8.39. The van der Waals surface area contributed by atoms with Gasteiger partial charge in [0, 0.05) is 27.4 Å². The Hall–Kier alpha value is -4.15. The van der Waals surface area contributed by atoms with Crippen molar-refractivity contribution in [2.75, 3.05) is 0 Å². The molecule has 0 bridgehead atoms. The van der Waals surface area contributed by atoms with Crippen LogP contribution in [-0.2, 0) is 0 Å². The Morgan fingerprint density at radius 1 is 0.667 bits per heavy atom. The lowest BCUT2D eigenvalue weighted by molar-refractivity contribution is 0.666. The molecular weight excluding hydrogens is 430 g/mol. The Labute approximate surface area is 193 Å². The smallest absolute Gasteiger partial charge is 0.191 e. The first kappa shape index (κ1) is 18.4. The van der Waals surface area contributed by atoms with Gasteiger partial charge in [-0.15, -0.1) is 0 Å². The highest BCUT2D eigenvalue weighted by Gasteiger charge is 2.17. The van der Waals surface area contributed by atoms with Crippen LogP contribution >= 0.6 is 11.6 Å². The highest BCUT2D eigenvalue weighted by atomic mass is 35.5. The summed E-state index contributed by atoms with van der Waals surface area (Å²) < 4.78 is 8.18. The van der Waals surface area contributed by atoms with Gasteiger partial charge < -0.3 is 8.98 Å². The van der Waals surface area contributed by atoms with E-state index in [1.807, 2.05) is 30.3 Å². The van der Waals surface area contributed by atoms with Crippen LogP contribution in [0, 0.1) is 0 Å². The molecule has 0 amide bonds. The summed E-state index contributed by atoms with van der Waals surface area (Å²) in [6.45, 7) is 0. The summed E-state index contributed by atoms with van der Waals surface area (Å²) in [4.78, 5) is 9.44. The minimum absolute atomic E-state index is 0.315. The summed E-state index contributed by atoms with van der Waals surface area (Å²) in [7, 11) is 0. The number of furan rings is 1. The lowest BCUT2D eigenvalue weighted by Crippen LogP contribution is -1.94. The van der Waals surface area contributed by atoms with E-state index in [1.54, 1.807) is 0 Å². The molecule has 33 heavy (non-hydrogen) atoms. The quantitative estimate of drug-likeness (QED) is 0.255. The van der Waals surface area contributed by atoms with Gasteiger partial charge in [0.1, 0.15) is 11.1 Å². The highest BCUT2D eigenvalue weighted by Crippen LogP contribution is 2.36. The third-order valence-electron chi connectivity index (χ3n) is 6.12. The SMILES string of the molecule is Clc1nc(-c2ccc3c4ccccc4n(-c4ccccc4)c3c2)nc2c1oc1ccccc12. The minimum atomic E-state index is 0.315. The van der Waals surface area contributed by atoms with E-state index in [4.69, 9.17) is 21.0 Å². The third kappa shape index (κ3) is 2.71. The zero-order chi connectivity index (χ0) is 21.9. The van der Waals surface area contributed by atoms with Gasteiger partial charge in [0.25, 0.3) is 0 Å². The lowest BCUT2D eigenvalue weighted by atomic mass is 10.1. The molecule has 0 unspecified atom stereocenters. The Morgan fingerprint density at radius 2 is 1.39 bits per heavy atom. The Balaban J connectivity index is 1.53. The van der Waals surface area contributed by atoms with Crippen LogP contribution < -0.4 is 0 Å². The minimum Gasteiger partial charge on any atom is -0.451 e. The number of hydrogen-bond donors (Lipinski definition) is 0. The van der Waals surface area contributed by atoms with Gasteiger partial charge in [0.15, 0.2) is 16.6 Å². The number of fused-ring (bicyclic) bond motifs is 6. The van der Waals surface area contributed by atoms with Crippen LogP contribution in [-0.4, -0.2) is 14.5 Å². The molecule has 0 aliphatic rings. The van der Waals surface area contributed by atoms with Gasteiger partial charge in [-0.05, 0) is 36.4 Å². The molecule has 0 saturated heterocycles. The van der Waals surface area contributed by atoms with E-state index in [-0.39, 0.29) is 0 Å². The molecule has 3 heterocycles. The molecule has 0 spiro atoms. The summed E-state index contributed by atoms with van der Waals surface area (Å²) in [5.74, 6) is 0.575. The Morgan fingerprint density at radius 3 is 2.27 bits per heavy atom. The fourth-order valence-corrected chi connectivity index (χ4v) is 4.86. The van der Waals surface area contributed by atoms with Gasteiger partial charge >= 0.3 is 0 Å². The molecule has 7 rings (SSSR count). The van der Waals surface area contributed by atoms with Gasteiger partial charge in [-0.25, -0.2) is 9.97 Å². The molecule has 0 fully saturated rings. The average molecular weight is 446 g/mol. The second kappa shape index (κ2) is 6.92. The molecule has 156 valence electrons. The van der Waals surface area contributed by atoms with Crippen LogP contribution in [0.1, 0.15) is 0 Å². The first-order chi connectivity index (χ1) is 16.3. The molecule has 7 aromatic rings. The molecule has 4 nitrogen and oxygen atoms in total. The third-order valence-corrected chi connectivity index (χ3v) is 6.38. The van der Waals surface area contributed by atoms with Crippen molar-refractivity contribution in [3.05, 3.63) is 102 Å². The largest absolute Gasteiger partial charge is 0.451 e. The number of nitrogens with zero attached hydrogens (tertiary/aromatic N) is 3. The first-order valence-electron chi connectivity index (χ1n) is 10.7. The van der Waals surface area contributed by atoms with Crippen molar-refractivity contribution >= 4 is 55.5 Å². The number of aromatic nitrogens is 3. The van der Waals surface area contributed by atoms with E-state index in [9.17, 15) is 0 Å². The normalized spacial score (nSPS) is 11.8. The monoisotopic (exact) mass is 445 g/mol. The van der Waals surface area contributed by atoms with Crippen LogP contribution in [0.25, 0.3) is 61.0 Å². The molecule has 3 aromatic heterocycles. The van der Waals surface area contributed by atoms with E-state index in [1.165, 1.54) is 10.8 Å². The van der Waals surface area contributed by atoms with Crippen molar-refractivity contribution in [3.63, 3.8) is 0 Å². The molecule has 4 aromatic carbocycles. The first-order valence-corrected chi connectivity index (χ1v) is 11.1. The maximum atomic E-state index is 6.54. The number of rotatable bonds is 2. The summed E-state index contributed by atoms with van der Waals surface area (Å²) in [6, 6.07) is 33.0. The van der Waals surface area contributed by atoms with E-state index in [2.05, 4.69) is 76.3 Å². The molecule has 0 aliphatic carbocycles. The Bertz CT molecular complexity index is 1830. The molecular formula is C28H16ClN3O. The summed E-state index contributed by atoms with van der Waals surface area (Å²) in [5, 5.41) is 3.63. The van der Waals surface area contributed by atoms with E-state index in [0.717, 1.165) is 38.8 Å². The fraction of sp³-hybridized carbons (Fsp3) is 0. The van der Waals surface area contributed by atoms with Crippen LogP contribution in [0.5, 0.6) is 0 Å². The summed E-state index contributed by atoms with van der Waals surface area (Å²) >= 11 is 6.54. The van der Waals surface area contributed by atoms with Crippen LogP contribution in [0.3, 0.4) is 0 Å². The highest BCUT2D eigenvalue weighted by molar-refractivity contribution is 6.34. The van der Waals surface area contributed by atoms with Gasteiger partial charge in [-0.3, -0.25) is 0 Å². The standard InChI is InChI=1S/C28H16ClN3O/c29-27-26-25(21-11-5-7-13-24(21)33-26)30-28(31-27)17-14-15-20-19-10-4-6-12-22(19)32(23(20)16-17)18-8-2-1-3-9-18/h1-16H. The van der Waals surface area contributed by atoms with Crippen molar-refractivity contribution in [3.8, 4) is 17.1 Å². The van der Waals surface area contributed by atoms with E-state index >= 15 is 0 Å². The maximum Gasteiger partial charge on any atom is 0.191 e. The molecule has 5 heteroatoms. The summed E-state index contributed by atoms with van der Waals surface area (Å²) in [6.07, 6.45) is 0. The van der Waals surface area contributed by atoms with Crippen molar-refractivity contribution in [2.45, 2.75) is 0 Å². The van der Waals surface area contributed by atoms with Crippen molar-refractivity contribution in [1.82, 2.24) is 14.5 Å². The van der Waals surface area contributed by atoms with Gasteiger partial charge in [0.05, 0.1) is 11.0 Å². The molecule has 0 saturated carbocycles. The van der Waals surface area contributed by atoms with Crippen LogP contribution in [0.4, 0.5) is 0 Å². The molecule has 0 aliphatic heterocycles. The van der Waals surface area contributed by atoms with E-state index < -0.39 is 0 Å². The number of halogens is 1. The zero-order valence-electron chi connectivity index (χ0n) is 17.4. The number of benzene rings is 4. The number of para-hydroxylation sites is 3. The zero-order valence-corrected chi connectivity index (χ0v) is 18.1. The van der Waals surface area contributed by atoms with Gasteiger partial charge in [0.2, 0.25) is 0 Å². The van der Waals surface area contributed by atoms with Crippen LogP contribution in [0.15, 0.2) is 101 Å². The maximum absolute atomic E-state index is 6.54. The Kier molecular flexibility index (Phi) is 3.87. The predicted molar refractivity (Wildman–Crippen MR) is 134 cm³/mol. The van der Waals surface area contributed by atoms with Crippen molar-refractivity contribution in [2.24, 2.45) is 0 Å². The molecule has 0 N–H and O–H groups in total. The van der Waals surface area contributed by atoms with Gasteiger partial charge in [-0.1, -0.05) is 72.3 Å². The predicted octanol–water partition coefficient (Wildman–Crippen LogP) is 7.79. The lowest BCUT2D eigenvalue weighted by Gasteiger charge is -2.08. The van der Waals surface area contributed by atoms with Gasteiger partial charge in [-0.2, -0.15) is 0 Å². The topological polar surface area (TPSA) is 43.9 Å². The van der Waals surface area contributed by atoms with Crippen LogP contribution in [0.2, 0.25) is 5.15 Å². The van der Waals surface area contributed by atoms with Crippen molar-refractivity contribution < 1.29 is 4.42 Å². The average Bonchev–Trinajstić information content (AvgIpc) is 3.40. The van der Waals surface area contributed by atoms with Crippen molar-refractivity contribution in [1.29, 1.82) is 0 Å². The number of hydrogen-bond acceptors (Lipinski definition) is 3. The summed E-state index contributed by atoms with van der Waals surface area (Å²) in [5.41, 5.74) is 6.25. The second-order valence-electron chi connectivity index (χ2n) is 8.03. The van der Waals surface area contributed by atoms with E-state index in [0.29, 0.717) is 16.6 Å². The molecule has 0 atom stereocenters.